The van der Waals surface area contributed by atoms with E-state index in [-0.39, 0.29) is 5.69 Å². The molecule has 2 N–H and O–H groups in total. The van der Waals surface area contributed by atoms with Gasteiger partial charge in [-0.15, -0.1) is 0 Å². The third kappa shape index (κ3) is 3.68. The van der Waals surface area contributed by atoms with Crippen LogP contribution in [0, 0.1) is 0 Å². The highest BCUT2D eigenvalue weighted by Crippen LogP contribution is 2.20. The number of nitrogens with one attached hydrogen (secondary N) is 1. The smallest absolute Gasteiger partial charge is 0.356 e. The maximum absolute atomic E-state index is 10.8. The number of aromatic carboxylic acids is 1. The van der Waals surface area contributed by atoms with Gasteiger partial charge in [0.1, 0.15) is 0 Å². The summed E-state index contributed by atoms with van der Waals surface area (Å²) < 4.78 is 0. The molecule has 1 unspecified atom stereocenters. The van der Waals surface area contributed by atoms with E-state index in [1.54, 1.807) is 6.07 Å². The van der Waals surface area contributed by atoms with Crippen molar-refractivity contribution in [1.82, 2.24) is 10.2 Å². The van der Waals surface area contributed by atoms with Gasteiger partial charge in [-0.25, -0.2) is 4.79 Å². The predicted molar refractivity (Wildman–Crippen MR) is 73.3 cm³/mol. The largest absolute Gasteiger partial charge is 0.476 e. The molecule has 0 fully saturated rings. The maximum Gasteiger partial charge on any atom is 0.356 e. The molecule has 1 atom stereocenters. The summed E-state index contributed by atoms with van der Waals surface area (Å²) in [5, 5.41) is 15.4. The van der Waals surface area contributed by atoms with Gasteiger partial charge in [0.15, 0.2) is 5.69 Å². The molecular formula is C15H18N2O2. The molecule has 19 heavy (non-hydrogen) atoms. The first-order valence-electron chi connectivity index (χ1n) is 6.49. The Morgan fingerprint density at radius 1 is 1.37 bits per heavy atom. The lowest BCUT2D eigenvalue weighted by atomic mass is 9.98. The van der Waals surface area contributed by atoms with Gasteiger partial charge in [0.2, 0.25) is 0 Å². The van der Waals surface area contributed by atoms with Crippen LogP contribution in [0.3, 0.4) is 0 Å². The second-order valence-corrected chi connectivity index (χ2v) is 4.79. The van der Waals surface area contributed by atoms with Crippen LogP contribution in [0.1, 0.15) is 47.4 Å². The molecule has 1 heterocycles. The van der Waals surface area contributed by atoms with Crippen molar-refractivity contribution >= 4 is 5.97 Å². The monoisotopic (exact) mass is 258 g/mol. The van der Waals surface area contributed by atoms with E-state index in [1.165, 1.54) is 5.56 Å². The van der Waals surface area contributed by atoms with Crippen LogP contribution in [0.15, 0.2) is 36.4 Å². The molecule has 0 aliphatic carbocycles. The molecule has 0 spiro atoms. The number of hydrogen-bond donors (Lipinski definition) is 2. The molecule has 0 aliphatic heterocycles. The number of carboxylic acid groups (broad SMARTS) is 1. The fourth-order valence-corrected chi connectivity index (χ4v) is 2.11. The van der Waals surface area contributed by atoms with E-state index < -0.39 is 5.97 Å². The molecule has 0 radical (unpaired) electrons. The highest BCUT2D eigenvalue weighted by atomic mass is 16.4. The highest BCUT2D eigenvalue weighted by molar-refractivity contribution is 5.85. The van der Waals surface area contributed by atoms with Gasteiger partial charge in [0.05, 0.1) is 0 Å². The van der Waals surface area contributed by atoms with Crippen LogP contribution in [0.4, 0.5) is 0 Å². The van der Waals surface area contributed by atoms with Crippen molar-refractivity contribution in [2.24, 2.45) is 0 Å². The van der Waals surface area contributed by atoms with Crippen molar-refractivity contribution in [1.29, 1.82) is 0 Å². The molecule has 0 aliphatic rings. The third-order valence-corrected chi connectivity index (χ3v) is 3.29. The third-order valence-electron chi connectivity index (χ3n) is 3.29. The van der Waals surface area contributed by atoms with Crippen molar-refractivity contribution < 1.29 is 9.90 Å². The van der Waals surface area contributed by atoms with Crippen molar-refractivity contribution in [2.45, 2.75) is 32.1 Å². The number of benzene rings is 1. The SMILES string of the molecule is CC(CCCc1ccccc1)c1cc(C(=O)O)n[nH]1. The molecule has 2 rings (SSSR count). The summed E-state index contributed by atoms with van der Waals surface area (Å²) in [6.07, 6.45) is 3.13. The van der Waals surface area contributed by atoms with E-state index in [4.69, 9.17) is 5.11 Å². The van der Waals surface area contributed by atoms with E-state index in [2.05, 4.69) is 29.3 Å². The Kier molecular flexibility index (Phi) is 4.34. The maximum atomic E-state index is 10.8. The lowest BCUT2D eigenvalue weighted by molar-refractivity contribution is 0.0690. The molecule has 4 heteroatoms. The standard InChI is InChI=1S/C15H18N2O2/c1-11(13-10-14(15(18)19)17-16-13)6-5-9-12-7-3-2-4-8-12/h2-4,7-8,10-11H,5-6,9H2,1H3,(H,16,17)(H,18,19). The van der Waals surface area contributed by atoms with Gasteiger partial charge >= 0.3 is 5.97 Å². The normalized spacial score (nSPS) is 12.3. The van der Waals surface area contributed by atoms with Crippen molar-refractivity contribution in [3.05, 3.63) is 53.3 Å². The number of hydrogen-bond acceptors (Lipinski definition) is 2. The molecule has 4 nitrogen and oxygen atoms in total. The zero-order valence-electron chi connectivity index (χ0n) is 11.0. The van der Waals surface area contributed by atoms with Crippen LogP contribution in [-0.4, -0.2) is 21.3 Å². The van der Waals surface area contributed by atoms with Crippen LogP contribution in [0.25, 0.3) is 0 Å². The van der Waals surface area contributed by atoms with Crippen LogP contribution in [0.2, 0.25) is 0 Å². The average Bonchev–Trinajstić information content (AvgIpc) is 2.89. The lowest BCUT2D eigenvalue weighted by Crippen LogP contribution is -1.96. The van der Waals surface area contributed by atoms with Gasteiger partial charge in [0.25, 0.3) is 0 Å². The van der Waals surface area contributed by atoms with Crippen molar-refractivity contribution in [3.8, 4) is 0 Å². The summed E-state index contributed by atoms with van der Waals surface area (Å²) in [5.41, 5.74) is 2.32. The fourth-order valence-electron chi connectivity index (χ4n) is 2.11. The van der Waals surface area contributed by atoms with E-state index in [0.717, 1.165) is 25.0 Å². The topological polar surface area (TPSA) is 66.0 Å². The van der Waals surface area contributed by atoms with Gasteiger partial charge < -0.3 is 5.11 Å². The van der Waals surface area contributed by atoms with E-state index >= 15 is 0 Å². The molecule has 2 aromatic rings. The first-order chi connectivity index (χ1) is 9.16. The Morgan fingerprint density at radius 2 is 2.11 bits per heavy atom. The minimum absolute atomic E-state index is 0.0879. The van der Waals surface area contributed by atoms with Gasteiger partial charge in [0, 0.05) is 5.69 Å². The molecule has 0 saturated heterocycles. The Balaban J connectivity index is 1.83. The number of carboxylic acids is 1. The fraction of sp³-hybridized carbons (Fsp3) is 0.333. The van der Waals surface area contributed by atoms with Gasteiger partial charge in [-0.3, -0.25) is 5.10 Å². The number of aromatic amines is 1. The Hall–Kier alpha value is -2.10. The van der Waals surface area contributed by atoms with Crippen molar-refractivity contribution in [2.75, 3.05) is 0 Å². The van der Waals surface area contributed by atoms with Crippen molar-refractivity contribution in [3.63, 3.8) is 0 Å². The van der Waals surface area contributed by atoms with E-state index in [9.17, 15) is 4.79 Å². The average molecular weight is 258 g/mol. The number of aromatic nitrogens is 2. The van der Waals surface area contributed by atoms with Crippen LogP contribution >= 0.6 is 0 Å². The molecule has 0 bridgehead atoms. The number of nitrogens with zero attached hydrogens (tertiary/aromatic N) is 1. The minimum Gasteiger partial charge on any atom is -0.476 e. The molecule has 0 saturated carbocycles. The zero-order valence-corrected chi connectivity index (χ0v) is 11.0. The summed E-state index contributed by atoms with van der Waals surface area (Å²) in [5.74, 6) is -0.691. The number of rotatable bonds is 6. The predicted octanol–water partition coefficient (Wildman–Crippen LogP) is 3.23. The van der Waals surface area contributed by atoms with E-state index in [0.29, 0.717) is 5.92 Å². The first-order valence-corrected chi connectivity index (χ1v) is 6.49. The molecule has 1 aromatic carbocycles. The lowest BCUT2D eigenvalue weighted by Gasteiger charge is -2.08. The van der Waals surface area contributed by atoms with Crippen LogP contribution < -0.4 is 0 Å². The van der Waals surface area contributed by atoms with E-state index in [1.807, 2.05) is 18.2 Å². The molecule has 1 aromatic heterocycles. The summed E-state index contributed by atoms with van der Waals surface area (Å²) in [4.78, 5) is 10.8. The summed E-state index contributed by atoms with van der Waals surface area (Å²) in [7, 11) is 0. The minimum atomic E-state index is -0.987. The van der Waals surface area contributed by atoms with Gasteiger partial charge in [-0.1, -0.05) is 37.3 Å². The Morgan fingerprint density at radius 3 is 2.74 bits per heavy atom. The number of aryl methyl sites for hydroxylation is 1. The van der Waals surface area contributed by atoms with Gasteiger partial charge in [-0.2, -0.15) is 5.10 Å². The van der Waals surface area contributed by atoms with Gasteiger partial charge in [-0.05, 0) is 36.8 Å². The highest BCUT2D eigenvalue weighted by Gasteiger charge is 2.12. The van der Waals surface area contributed by atoms with Crippen LogP contribution in [-0.2, 0) is 6.42 Å². The summed E-state index contributed by atoms with van der Waals surface area (Å²) in [6.45, 7) is 2.09. The van der Waals surface area contributed by atoms with Crippen LogP contribution in [0.5, 0.6) is 0 Å². The summed E-state index contributed by atoms with van der Waals surface area (Å²) in [6, 6.07) is 12.0. The second-order valence-electron chi connectivity index (χ2n) is 4.79. The summed E-state index contributed by atoms with van der Waals surface area (Å²) >= 11 is 0. The first kappa shape index (κ1) is 13.3. The Bertz CT molecular complexity index is 534. The second kappa shape index (κ2) is 6.18. The molecule has 0 amide bonds. The molecular weight excluding hydrogens is 240 g/mol. The number of H-pyrrole nitrogens is 1. The molecule has 100 valence electrons. The zero-order chi connectivity index (χ0) is 13.7. The number of carbonyl (C=O) groups is 1. The Labute approximate surface area is 112 Å². The quantitative estimate of drug-likeness (QED) is 0.836.